The minimum atomic E-state index is -0.269. The number of halogens is 1. The molecule has 0 radical (unpaired) electrons. The minimum Gasteiger partial charge on any atom is -0.309 e. The summed E-state index contributed by atoms with van der Waals surface area (Å²) in [5.41, 5.74) is 3.57. The van der Waals surface area contributed by atoms with Gasteiger partial charge in [-0.2, -0.15) is 0 Å². The molecule has 1 aliphatic carbocycles. The Morgan fingerprint density at radius 1 is 1.17 bits per heavy atom. The lowest BCUT2D eigenvalue weighted by molar-refractivity contribution is 0.602. The van der Waals surface area contributed by atoms with E-state index in [9.17, 15) is 4.39 Å². The van der Waals surface area contributed by atoms with Crippen LogP contribution < -0.4 is 0 Å². The summed E-state index contributed by atoms with van der Waals surface area (Å²) in [7, 11) is 0. The normalized spacial score (nSPS) is 14.5. The summed E-state index contributed by atoms with van der Waals surface area (Å²) >= 11 is 0. The molecule has 118 valence electrons. The number of pyridine rings is 1. The summed E-state index contributed by atoms with van der Waals surface area (Å²) in [4.78, 5) is 17.5. The van der Waals surface area contributed by atoms with Crippen molar-refractivity contribution >= 4 is 22.2 Å². The molecule has 0 saturated heterocycles. The molecule has 0 amide bonds. The summed E-state index contributed by atoms with van der Waals surface area (Å²) in [6, 6.07) is 7.10. The van der Waals surface area contributed by atoms with Crippen LogP contribution >= 0.6 is 0 Å². The van der Waals surface area contributed by atoms with E-state index in [1.54, 1.807) is 18.7 Å². The molecular weight excluding hydrogens is 305 g/mol. The van der Waals surface area contributed by atoms with E-state index in [4.69, 9.17) is 0 Å². The highest BCUT2D eigenvalue weighted by Crippen LogP contribution is 2.38. The highest BCUT2D eigenvalue weighted by molar-refractivity contribution is 5.79. The van der Waals surface area contributed by atoms with Crippen molar-refractivity contribution in [3.63, 3.8) is 0 Å². The number of imidazole rings is 1. The van der Waals surface area contributed by atoms with Gasteiger partial charge in [-0.05, 0) is 25.0 Å². The van der Waals surface area contributed by atoms with Gasteiger partial charge in [0.1, 0.15) is 5.82 Å². The Balaban J connectivity index is 1.58. The summed E-state index contributed by atoms with van der Waals surface area (Å²) in [6.45, 7) is 0.371. The Labute approximate surface area is 137 Å². The number of hydrogen-bond donors (Lipinski definition) is 0. The van der Waals surface area contributed by atoms with Gasteiger partial charge in [-0.1, -0.05) is 6.07 Å². The molecule has 0 bridgehead atoms. The second kappa shape index (κ2) is 5.06. The van der Waals surface area contributed by atoms with Crippen molar-refractivity contribution < 1.29 is 4.39 Å². The molecule has 3 aromatic heterocycles. The second-order valence-corrected chi connectivity index (χ2v) is 6.23. The average Bonchev–Trinajstić information content (AvgIpc) is 3.38. The van der Waals surface area contributed by atoms with Crippen LogP contribution in [0.2, 0.25) is 0 Å². The van der Waals surface area contributed by atoms with E-state index < -0.39 is 0 Å². The van der Waals surface area contributed by atoms with E-state index >= 15 is 0 Å². The van der Waals surface area contributed by atoms with Gasteiger partial charge in [-0.3, -0.25) is 4.98 Å². The van der Waals surface area contributed by atoms with Crippen molar-refractivity contribution in [1.29, 1.82) is 0 Å². The van der Waals surface area contributed by atoms with Crippen LogP contribution in [0.15, 0.2) is 43.0 Å². The lowest BCUT2D eigenvalue weighted by Gasteiger charge is -2.07. The van der Waals surface area contributed by atoms with Crippen molar-refractivity contribution in [1.82, 2.24) is 24.5 Å². The minimum absolute atomic E-state index is 0.269. The lowest BCUT2D eigenvalue weighted by atomic mass is 10.1. The SMILES string of the molecule is Fc1cc2ncccc2cc1Cn1cnc2ncc(C3CC3)nc21. The zero-order valence-corrected chi connectivity index (χ0v) is 12.9. The fourth-order valence-electron chi connectivity index (χ4n) is 2.99. The molecule has 6 heteroatoms. The predicted octanol–water partition coefficient (Wildman–Crippen LogP) is 3.44. The van der Waals surface area contributed by atoms with E-state index in [0.29, 0.717) is 34.8 Å². The van der Waals surface area contributed by atoms with Crippen molar-refractivity contribution in [3.05, 3.63) is 60.1 Å². The van der Waals surface area contributed by atoms with Gasteiger partial charge in [0.25, 0.3) is 0 Å². The van der Waals surface area contributed by atoms with E-state index in [1.807, 2.05) is 22.8 Å². The highest BCUT2D eigenvalue weighted by atomic mass is 19.1. The van der Waals surface area contributed by atoms with Crippen molar-refractivity contribution in [3.8, 4) is 0 Å². The first-order valence-electron chi connectivity index (χ1n) is 7.99. The molecule has 5 nitrogen and oxygen atoms in total. The van der Waals surface area contributed by atoms with Crippen LogP contribution in [0.5, 0.6) is 0 Å². The molecule has 3 heterocycles. The first-order chi connectivity index (χ1) is 11.8. The fourth-order valence-corrected chi connectivity index (χ4v) is 2.99. The standard InChI is InChI=1S/C18H14FN5/c19-14-7-15-12(2-1-5-20-15)6-13(14)9-24-10-22-17-18(24)23-16(8-21-17)11-3-4-11/h1-2,5-8,10-11H,3-4,9H2. The molecule has 4 aromatic rings. The van der Waals surface area contributed by atoms with Crippen LogP contribution in [0.1, 0.15) is 30.0 Å². The average molecular weight is 319 g/mol. The van der Waals surface area contributed by atoms with Crippen molar-refractivity contribution in [2.45, 2.75) is 25.3 Å². The number of rotatable bonds is 3. The molecule has 1 aromatic carbocycles. The molecule has 24 heavy (non-hydrogen) atoms. The first-order valence-corrected chi connectivity index (χ1v) is 7.99. The van der Waals surface area contributed by atoms with Crippen molar-refractivity contribution in [2.75, 3.05) is 0 Å². The Hall–Kier alpha value is -2.89. The van der Waals surface area contributed by atoms with Gasteiger partial charge in [0.15, 0.2) is 11.3 Å². The van der Waals surface area contributed by atoms with E-state index in [1.165, 1.54) is 18.9 Å². The number of aromatic nitrogens is 5. The van der Waals surface area contributed by atoms with Gasteiger partial charge >= 0.3 is 0 Å². The molecule has 5 rings (SSSR count). The highest BCUT2D eigenvalue weighted by Gasteiger charge is 2.26. The Kier molecular flexibility index (Phi) is 2.85. The van der Waals surface area contributed by atoms with Gasteiger partial charge < -0.3 is 4.57 Å². The molecule has 1 aliphatic rings. The largest absolute Gasteiger partial charge is 0.309 e. The molecule has 1 fully saturated rings. The molecule has 0 unspecified atom stereocenters. The van der Waals surface area contributed by atoms with Crippen LogP contribution in [0.4, 0.5) is 4.39 Å². The van der Waals surface area contributed by atoms with Gasteiger partial charge in [-0.25, -0.2) is 19.3 Å². The van der Waals surface area contributed by atoms with Crippen LogP contribution in [0.25, 0.3) is 22.2 Å². The molecular formula is C18H14FN5. The van der Waals surface area contributed by atoms with Crippen LogP contribution in [-0.2, 0) is 6.54 Å². The predicted molar refractivity (Wildman–Crippen MR) is 88.1 cm³/mol. The van der Waals surface area contributed by atoms with E-state index in [-0.39, 0.29) is 5.82 Å². The van der Waals surface area contributed by atoms with E-state index in [2.05, 4.69) is 19.9 Å². The van der Waals surface area contributed by atoms with Gasteiger partial charge in [0.05, 0.1) is 30.3 Å². The monoisotopic (exact) mass is 319 g/mol. The number of fused-ring (bicyclic) bond motifs is 2. The number of hydrogen-bond acceptors (Lipinski definition) is 4. The zero-order chi connectivity index (χ0) is 16.1. The topological polar surface area (TPSA) is 56.5 Å². The third kappa shape index (κ3) is 2.22. The third-order valence-corrected chi connectivity index (χ3v) is 4.45. The summed E-state index contributed by atoms with van der Waals surface area (Å²) < 4.78 is 16.3. The quantitative estimate of drug-likeness (QED) is 0.580. The molecule has 0 spiro atoms. The Morgan fingerprint density at radius 3 is 2.96 bits per heavy atom. The van der Waals surface area contributed by atoms with Gasteiger partial charge in [0.2, 0.25) is 0 Å². The lowest BCUT2D eigenvalue weighted by Crippen LogP contribution is -2.03. The molecule has 1 saturated carbocycles. The molecule has 0 atom stereocenters. The molecule has 0 N–H and O–H groups in total. The van der Waals surface area contributed by atoms with Crippen LogP contribution in [0, 0.1) is 5.82 Å². The van der Waals surface area contributed by atoms with Crippen LogP contribution in [-0.4, -0.2) is 24.5 Å². The maximum atomic E-state index is 14.4. The summed E-state index contributed by atoms with van der Waals surface area (Å²) in [5.74, 6) is 0.253. The maximum absolute atomic E-state index is 14.4. The second-order valence-electron chi connectivity index (χ2n) is 6.23. The number of nitrogens with zero attached hydrogens (tertiary/aromatic N) is 5. The van der Waals surface area contributed by atoms with Gasteiger partial charge in [-0.15, -0.1) is 0 Å². The number of benzene rings is 1. The first kappa shape index (κ1) is 13.5. The Bertz CT molecular complexity index is 1070. The summed E-state index contributed by atoms with van der Waals surface area (Å²) in [5, 5.41) is 0.920. The Morgan fingerprint density at radius 2 is 2.08 bits per heavy atom. The van der Waals surface area contributed by atoms with Crippen molar-refractivity contribution in [2.24, 2.45) is 0 Å². The van der Waals surface area contributed by atoms with Gasteiger partial charge in [0, 0.05) is 29.1 Å². The van der Waals surface area contributed by atoms with E-state index in [0.717, 1.165) is 11.1 Å². The summed E-state index contributed by atoms with van der Waals surface area (Å²) in [6.07, 6.45) is 7.48. The maximum Gasteiger partial charge on any atom is 0.197 e. The van der Waals surface area contributed by atoms with Crippen LogP contribution in [0.3, 0.4) is 0 Å². The zero-order valence-electron chi connectivity index (χ0n) is 12.9. The fraction of sp³-hybridized carbons (Fsp3) is 0.222. The third-order valence-electron chi connectivity index (χ3n) is 4.45. The smallest absolute Gasteiger partial charge is 0.197 e. The molecule has 0 aliphatic heterocycles.